The third kappa shape index (κ3) is 3.48. The molecule has 4 aliphatic carbocycles. The lowest BCUT2D eigenvalue weighted by Crippen LogP contribution is -2.56. The van der Waals surface area contributed by atoms with Gasteiger partial charge in [-0.05, 0) is 92.3 Å². The van der Waals surface area contributed by atoms with Crippen LogP contribution in [0.5, 0.6) is 0 Å². The van der Waals surface area contributed by atoms with E-state index in [0.29, 0.717) is 35.7 Å². The molecule has 178 valence electrons. The number of ketones is 1. The second-order valence-corrected chi connectivity index (χ2v) is 12.0. The smallest absolute Gasteiger partial charge is 0.230 e. The Kier molecular flexibility index (Phi) is 5.56. The number of hydrogen-bond acceptors (Lipinski definition) is 4. The van der Waals surface area contributed by atoms with Gasteiger partial charge in [-0.2, -0.15) is 4.39 Å². The Morgan fingerprint density at radius 3 is 2.66 bits per heavy atom. The molecule has 0 amide bonds. The summed E-state index contributed by atoms with van der Waals surface area (Å²) in [4.78, 5) is 16.9. The lowest BCUT2D eigenvalue weighted by Gasteiger charge is -2.62. The molecule has 0 aromatic carbocycles. The van der Waals surface area contributed by atoms with Gasteiger partial charge < -0.3 is 14.4 Å². The second kappa shape index (κ2) is 7.90. The molecule has 0 radical (unpaired) electrons. The molecule has 0 aliphatic heterocycles. The van der Waals surface area contributed by atoms with Gasteiger partial charge in [0.15, 0.2) is 5.78 Å². The maximum atomic E-state index is 13.3. The molecule has 5 rings (SSSR count). The molecular weight excluding hydrogens is 407 g/mol. The molecule has 8 atom stereocenters. The van der Waals surface area contributed by atoms with Crippen LogP contribution in [0.25, 0.3) is 0 Å². The molecular formula is C26H39FN2O3. The van der Waals surface area contributed by atoms with Crippen molar-refractivity contribution in [2.75, 3.05) is 13.7 Å². The number of ether oxygens (including phenoxy) is 1. The minimum absolute atomic E-state index is 0.0615. The van der Waals surface area contributed by atoms with Crippen LogP contribution in [0.4, 0.5) is 4.39 Å². The monoisotopic (exact) mass is 446 g/mol. The first-order valence-corrected chi connectivity index (χ1v) is 12.6. The van der Waals surface area contributed by atoms with Crippen LogP contribution in [0.2, 0.25) is 0 Å². The molecule has 1 aromatic rings. The van der Waals surface area contributed by atoms with Gasteiger partial charge in [-0.3, -0.25) is 4.79 Å². The van der Waals surface area contributed by atoms with E-state index in [1.807, 2.05) is 0 Å². The van der Waals surface area contributed by atoms with Crippen molar-refractivity contribution in [1.82, 2.24) is 9.55 Å². The summed E-state index contributed by atoms with van der Waals surface area (Å²) in [5.41, 5.74) is -0.306. The van der Waals surface area contributed by atoms with Crippen LogP contribution in [0, 0.1) is 46.4 Å². The van der Waals surface area contributed by atoms with Crippen molar-refractivity contribution in [2.24, 2.45) is 40.4 Å². The first-order valence-electron chi connectivity index (χ1n) is 12.6. The van der Waals surface area contributed by atoms with Crippen molar-refractivity contribution < 1.29 is 19.0 Å². The van der Waals surface area contributed by atoms with Crippen LogP contribution >= 0.6 is 0 Å². The average molecular weight is 447 g/mol. The molecule has 32 heavy (non-hydrogen) atoms. The first kappa shape index (κ1) is 22.5. The molecule has 0 unspecified atom stereocenters. The predicted octanol–water partition coefficient (Wildman–Crippen LogP) is 4.63. The van der Waals surface area contributed by atoms with Gasteiger partial charge in [0, 0.05) is 13.0 Å². The number of aliphatic hydroxyl groups is 1. The van der Waals surface area contributed by atoms with E-state index in [1.54, 1.807) is 11.7 Å². The summed E-state index contributed by atoms with van der Waals surface area (Å²) in [5, 5.41) is 11.0. The quantitative estimate of drug-likeness (QED) is 0.716. The van der Waals surface area contributed by atoms with Gasteiger partial charge >= 0.3 is 0 Å². The maximum Gasteiger partial charge on any atom is 0.230 e. The number of carbonyl (C=O) groups is 1. The van der Waals surface area contributed by atoms with Crippen molar-refractivity contribution in [3.63, 3.8) is 0 Å². The molecule has 1 aromatic heterocycles. The molecule has 4 fully saturated rings. The topological polar surface area (TPSA) is 64.3 Å². The highest BCUT2D eigenvalue weighted by molar-refractivity contribution is 5.82. The maximum absolute atomic E-state index is 13.3. The Hall–Kier alpha value is -1.27. The summed E-state index contributed by atoms with van der Waals surface area (Å²) < 4.78 is 20.2. The fraction of sp³-hybridized carbons (Fsp3) is 0.846. The van der Waals surface area contributed by atoms with E-state index in [1.165, 1.54) is 31.8 Å². The van der Waals surface area contributed by atoms with E-state index in [9.17, 15) is 14.3 Å². The number of nitrogens with zero attached hydrogens (tertiary/aromatic N) is 2. The summed E-state index contributed by atoms with van der Waals surface area (Å²) >= 11 is 0. The standard InChI is InChI=1S/C26H39FN2O3/c1-24-10-11-26(31,15-32-3)12-17(24)4-5-18-19-6-7-21(25(19,2)9-8-20(18)24)22(30)13-29-14-23(27)28-16-29/h14,16-21,31H,4-13,15H2,1-3H3/t17-,18-,19-,20-,21+,24-,25-,26+/m0/s1. The van der Waals surface area contributed by atoms with Gasteiger partial charge in [0.2, 0.25) is 5.95 Å². The summed E-state index contributed by atoms with van der Waals surface area (Å²) in [6.45, 7) is 5.54. The number of fused-ring (bicyclic) bond motifs is 5. The minimum atomic E-state index is -0.660. The van der Waals surface area contributed by atoms with E-state index in [4.69, 9.17) is 4.74 Å². The Balaban J connectivity index is 1.32. The molecule has 0 bridgehead atoms. The number of halogens is 1. The van der Waals surface area contributed by atoms with Crippen LogP contribution in [-0.4, -0.2) is 39.8 Å². The van der Waals surface area contributed by atoms with Crippen LogP contribution in [-0.2, 0) is 16.1 Å². The van der Waals surface area contributed by atoms with Crippen molar-refractivity contribution >= 4 is 5.78 Å². The molecule has 0 saturated heterocycles. The number of methoxy groups -OCH3 is 1. The zero-order valence-electron chi connectivity index (χ0n) is 19.9. The van der Waals surface area contributed by atoms with Crippen LogP contribution < -0.4 is 0 Å². The summed E-state index contributed by atoms with van der Waals surface area (Å²) in [5.74, 6) is 2.35. The highest BCUT2D eigenvalue weighted by Gasteiger charge is 2.62. The first-order chi connectivity index (χ1) is 15.2. The molecule has 4 saturated carbocycles. The van der Waals surface area contributed by atoms with E-state index in [-0.39, 0.29) is 23.7 Å². The van der Waals surface area contributed by atoms with E-state index < -0.39 is 11.5 Å². The Bertz CT molecular complexity index is 873. The molecule has 5 nitrogen and oxygen atoms in total. The zero-order chi connectivity index (χ0) is 22.7. The fourth-order valence-electron chi connectivity index (χ4n) is 8.96. The average Bonchev–Trinajstić information content (AvgIpc) is 3.31. The summed E-state index contributed by atoms with van der Waals surface area (Å²) in [7, 11) is 1.69. The van der Waals surface area contributed by atoms with Gasteiger partial charge in [-0.15, -0.1) is 0 Å². The van der Waals surface area contributed by atoms with Crippen LogP contribution in [0.1, 0.15) is 71.6 Å². The van der Waals surface area contributed by atoms with Crippen LogP contribution in [0.15, 0.2) is 12.5 Å². The second-order valence-electron chi connectivity index (χ2n) is 12.0. The van der Waals surface area contributed by atoms with Gasteiger partial charge in [0.05, 0.1) is 31.3 Å². The number of hydrogen-bond donors (Lipinski definition) is 1. The van der Waals surface area contributed by atoms with Gasteiger partial charge in [-0.1, -0.05) is 13.8 Å². The Morgan fingerprint density at radius 2 is 1.94 bits per heavy atom. The molecule has 4 aliphatic rings. The van der Waals surface area contributed by atoms with Crippen LogP contribution in [0.3, 0.4) is 0 Å². The largest absolute Gasteiger partial charge is 0.387 e. The molecule has 0 spiro atoms. The van der Waals surface area contributed by atoms with Crippen molar-refractivity contribution in [3.8, 4) is 0 Å². The van der Waals surface area contributed by atoms with Crippen molar-refractivity contribution in [2.45, 2.75) is 83.8 Å². The van der Waals surface area contributed by atoms with Gasteiger partial charge in [0.1, 0.15) is 0 Å². The van der Waals surface area contributed by atoms with Gasteiger partial charge in [0.25, 0.3) is 0 Å². The number of imidazole rings is 1. The van der Waals surface area contributed by atoms with E-state index >= 15 is 0 Å². The third-order valence-corrected chi connectivity index (χ3v) is 10.6. The predicted molar refractivity (Wildman–Crippen MR) is 119 cm³/mol. The third-order valence-electron chi connectivity index (χ3n) is 10.6. The number of rotatable bonds is 5. The Labute approximate surface area is 191 Å². The molecule has 1 heterocycles. The summed E-state index contributed by atoms with van der Waals surface area (Å²) in [6.07, 6.45) is 12.3. The fourth-order valence-corrected chi connectivity index (χ4v) is 8.96. The summed E-state index contributed by atoms with van der Waals surface area (Å²) in [6, 6.07) is 0. The normalized spacial score (nSPS) is 45.7. The lowest BCUT2D eigenvalue weighted by molar-refractivity contribution is -0.164. The number of Topliss-reactive ketones (excluding diaryl/α,β-unsaturated/α-hetero) is 1. The highest BCUT2D eigenvalue weighted by atomic mass is 19.1. The molecule has 1 N–H and O–H groups in total. The Morgan fingerprint density at radius 1 is 1.16 bits per heavy atom. The van der Waals surface area contributed by atoms with E-state index in [2.05, 4.69) is 18.8 Å². The zero-order valence-corrected chi connectivity index (χ0v) is 19.9. The lowest BCUT2D eigenvalue weighted by atomic mass is 9.44. The number of aromatic nitrogens is 2. The highest BCUT2D eigenvalue weighted by Crippen LogP contribution is 2.68. The van der Waals surface area contributed by atoms with Crippen molar-refractivity contribution in [1.29, 1.82) is 0 Å². The molecule has 6 heteroatoms. The SMILES string of the molecule is COC[C@@]1(O)CC[C@@]2(C)[C@@H](CC[C@@H]3[C@@H]2CC[C@]2(C)[C@@H](C(=O)Cn4cnc(F)c4)CC[C@@H]32)C1. The van der Waals surface area contributed by atoms with Gasteiger partial charge in [-0.25, -0.2) is 4.98 Å². The van der Waals surface area contributed by atoms with E-state index in [0.717, 1.165) is 38.5 Å². The minimum Gasteiger partial charge on any atom is -0.387 e. The number of carbonyl (C=O) groups excluding carboxylic acids is 1. The van der Waals surface area contributed by atoms with Crippen molar-refractivity contribution in [3.05, 3.63) is 18.5 Å².